The molecular formula is C32H8F4N6. The van der Waals surface area contributed by atoms with Gasteiger partial charge in [0.1, 0.15) is 29.3 Å². The Bertz CT molecular complexity index is 1960. The molecule has 0 N–H and O–H groups in total. The van der Waals surface area contributed by atoms with Gasteiger partial charge >= 0.3 is 0 Å². The minimum absolute atomic E-state index is 0.0955. The summed E-state index contributed by atoms with van der Waals surface area (Å²) in [5, 5.41) is 29.8. The summed E-state index contributed by atoms with van der Waals surface area (Å²) in [6.45, 7) is 23.0. The molecule has 0 bridgehead atoms. The summed E-state index contributed by atoms with van der Waals surface area (Å²) in [5.74, 6) is -3.88. The van der Waals surface area contributed by atoms with Crippen LogP contribution in [0.4, 0.5) is 17.6 Å². The van der Waals surface area contributed by atoms with Gasteiger partial charge in [0.2, 0.25) is 5.70 Å². The number of benzene rings is 3. The van der Waals surface area contributed by atoms with E-state index in [0.717, 1.165) is 24.3 Å². The molecule has 0 saturated carbocycles. The standard InChI is InChI=1S/C32H8F4N6/c1-40-26(13-38)30-22-11-24-23(10-21(22)25(12-37)28(30)15-4-17(33)8-18(34)5-15)31(27(14-39)41-2)29(32(24)42-3)16-6-19(35)9-20(36)7-16/h4-11H/b30-26+,31-27-. The molecule has 10 heteroatoms. The van der Waals surface area contributed by atoms with Crippen molar-refractivity contribution in [1.29, 1.82) is 15.8 Å². The van der Waals surface area contributed by atoms with E-state index in [0.29, 0.717) is 12.1 Å². The molecule has 3 aromatic rings. The molecule has 6 nitrogen and oxygen atoms in total. The Morgan fingerprint density at radius 3 is 1.43 bits per heavy atom. The fourth-order valence-corrected chi connectivity index (χ4v) is 5.16. The van der Waals surface area contributed by atoms with E-state index in [1.807, 2.05) is 6.07 Å². The molecule has 0 aliphatic heterocycles. The Labute approximate surface area is 236 Å². The molecule has 0 radical (unpaired) electrons. The molecule has 0 fully saturated rings. The van der Waals surface area contributed by atoms with Gasteiger partial charge in [0.05, 0.1) is 37.4 Å². The summed E-state index contributed by atoms with van der Waals surface area (Å²) in [6.07, 6.45) is 0. The van der Waals surface area contributed by atoms with Crippen LogP contribution in [0.5, 0.6) is 0 Å². The summed E-state index contributed by atoms with van der Waals surface area (Å²) < 4.78 is 57.0. The van der Waals surface area contributed by atoms with Gasteiger partial charge in [-0.15, -0.1) is 0 Å². The molecule has 2 aliphatic carbocycles. The molecule has 2 aliphatic rings. The minimum atomic E-state index is -0.972. The average molecular weight is 552 g/mol. The maximum atomic E-state index is 14.3. The van der Waals surface area contributed by atoms with Crippen LogP contribution in [-0.4, -0.2) is 0 Å². The number of nitrogens with zero attached hydrogens (tertiary/aromatic N) is 6. The largest absolute Gasteiger partial charge is 0.270 e. The molecule has 0 amide bonds. The first-order valence-corrected chi connectivity index (χ1v) is 11.6. The van der Waals surface area contributed by atoms with E-state index in [1.165, 1.54) is 12.1 Å². The van der Waals surface area contributed by atoms with Crippen LogP contribution in [0.25, 0.3) is 48.1 Å². The lowest BCUT2D eigenvalue weighted by molar-refractivity contribution is 0.582. The van der Waals surface area contributed by atoms with Crippen LogP contribution in [0.3, 0.4) is 0 Å². The highest BCUT2D eigenvalue weighted by Crippen LogP contribution is 2.55. The van der Waals surface area contributed by atoms with Gasteiger partial charge < -0.3 is 0 Å². The Hall–Kier alpha value is -6.72. The summed E-state index contributed by atoms with van der Waals surface area (Å²) in [7, 11) is 0. The zero-order chi connectivity index (χ0) is 30.3. The number of rotatable bonds is 2. The number of fused-ring (bicyclic) bond motifs is 2. The first kappa shape index (κ1) is 26.9. The molecule has 0 heterocycles. The van der Waals surface area contributed by atoms with Crippen molar-refractivity contribution in [3.63, 3.8) is 0 Å². The maximum Gasteiger partial charge on any atom is 0.270 e. The van der Waals surface area contributed by atoms with Crippen LogP contribution in [0, 0.1) is 77.0 Å². The minimum Gasteiger partial charge on any atom is -0.237 e. The number of halogens is 4. The van der Waals surface area contributed by atoms with Crippen molar-refractivity contribution in [3.8, 4) is 18.2 Å². The molecule has 5 rings (SSSR count). The van der Waals surface area contributed by atoms with Gasteiger partial charge in [-0.3, -0.25) is 0 Å². The Morgan fingerprint density at radius 2 is 1.00 bits per heavy atom. The van der Waals surface area contributed by atoms with E-state index in [4.69, 9.17) is 19.7 Å². The predicted octanol–water partition coefficient (Wildman–Crippen LogP) is 7.80. The van der Waals surface area contributed by atoms with Gasteiger partial charge in [-0.25, -0.2) is 42.6 Å². The molecule has 42 heavy (non-hydrogen) atoms. The lowest BCUT2D eigenvalue weighted by Gasteiger charge is -2.12. The molecule has 194 valence electrons. The van der Waals surface area contributed by atoms with Crippen LogP contribution in [0.15, 0.2) is 59.9 Å². The molecule has 0 saturated heterocycles. The van der Waals surface area contributed by atoms with E-state index in [-0.39, 0.29) is 66.9 Å². The summed E-state index contributed by atoms with van der Waals surface area (Å²) in [6, 6.07) is 13.2. The number of nitriles is 3. The molecular weight excluding hydrogens is 544 g/mol. The summed E-state index contributed by atoms with van der Waals surface area (Å²) >= 11 is 0. The second kappa shape index (κ2) is 10.1. The van der Waals surface area contributed by atoms with Gasteiger partial charge in [-0.2, -0.15) is 5.26 Å². The summed E-state index contributed by atoms with van der Waals surface area (Å²) in [5.41, 5.74) is -1.63. The van der Waals surface area contributed by atoms with Gasteiger partial charge in [0, 0.05) is 17.7 Å². The molecule has 0 atom stereocenters. The van der Waals surface area contributed by atoms with Gasteiger partial charge in [0.25, 0.3) is 11.4 Å². The molecule has 0 unspecified atom stereocenters. The van der Waals surface area contributed by atoms with Crippen molar-refractivity contribution < 1.29 is 17.6 Å². The SMILES string of the molecule is [C-]#[N+]C1=C(c2cc(F)cc(F)c2)/C(=C(/C#N)[N+]#[C-])c2cc3c(cc21)/C(=C(/C#N)[N+]#[C-])C(c1cc(F)cc(F)c1)=C3C#N. The van der Waals surface area contributed by atoms with Gasteiger partial charge in [-0.05, 0) is 80.4 Å². The van der Waals surface area contributed by atoms with Gasteiger partial charge in [-0.1, -0.05) is 6.07 Å². The number of hydrogen-bond acceptors (Lipinski definition) is 3. The average Bonchev–Trinajstić information content (AvgIpc) is 3.44. The third kappa shape index (κ3) is 3.99. The topological polar surface area (TPSA) is 84.4 Å². The Morgan fingerprint density at radius 1 is 0.571 bits per heavy atom. The highest BCUT2D eigenvalue weighted by molar-refractivity contribution is 6.29. The third-order valence-corrected chi connectivity index (χ3v) is 6.64. The highest BCUT2D eigenvalue weighted by Gasteiger charge is 2.37. The van der Waals surface area contributed by atoms with Crippen molar-refractivity contribution in [2.75, 3.05) is 0 Å². The van der Waals surface area contributed by atoms with Crippen LogP contribution >= 0.6 is 0 Å². The molecule has 3 aromatic carbocycles. The van der Waals surface area contributed by atoms with Crippen LogP contribution in [0.2, 0.25) is 0 Å². The number of hydrogen-bond donors (Lipinski definition) is 0. The zero-order valence-corrected chi connectivity index (χ0v) is 20.8. The van der Waals surface area contributed by atoms with E-state index in [2.05, 4.69) is 14.5 Å². The van der Waals surface area contributed by atoms with Gasteiger partial charge in [0.15, 0.2) is 0 Å². The third-order valence-electron chi connectivity index (χ3n) is 6.64. The van der Waals surface area contributed by atoms with E-state index >= 15 is 0 Å². The normalized spacial score (nSPS) is 15.4. The fourth-order valence-electron chi connectivity index (χ4n) is 5.16. The van der Waals surface area contributed by atoms with Crippen molar-refractivity contribution in [1.82, 2.24) is 0 Å². The van der Waals surface area contributed by atoms with Crippen molar-refractivity contribution in [2.24, 2.45) is 0 Å². The maximum absolute atomic E-state index is 14.3. The second-order valence-corrected chi connectivity index (χ2v) is 8.85. The van der Waals surface area contributed by atoms with Crippen molar-refractivity contribution in [3.05, 3.63) is 151 Å². The van der Waals surface area contributed by atoms with Crippen LogP contribution in [-0.2, 0) is 0 Å². The van der Waals surface area contributed by atoms with Crippen molar-refractivity contribution in [2.45, 2.75) is 0 Å². The second-order valence-electron chi connectivity index (χ2n) is 8.85. The van der Waals surface area contributed by atoms with Crippen LogP contribution in [0.1, 0.15) is 33.4 Å². The Kier molecular flexibility index (Phi) is 6.47. The fraction of sp³-hybridized carbons (Fsp3) is 0. The monoisotopic (exact) mass is 552 g/mol. The quantitative estimate of drug-likeness (QED) is 0.185. The predicted molar refractivity (Wildman–Crippen MR) is 143 cm³/mol. The summed E-state index contributed by atoms with van der Waals surface area (Å²) in [4.78, 5) is 10.0. The van der Waals surface area contributed by atoms with Crippen LogP contribution < -0.4 is 0 Å². The van der Waals surface area contributed by atoms with E-state index in [9.17, 15) is 33.3 Å². The first-order chi connectivity index (χ1) is 20.2. The molecule has 0 spiro atoms. The Balaban J connectivity index is 1.95. The van der Waals surface area contributed by atoms with Crippen molar-refractivity contribution >= 4 is 33.6 Å². The lowest BCUT2D eigenvalue weighted by Crippen LogP contribution is -1.95. The van der Waals surface area contributed by atoms with E-state index in [1.54, 1.807) is 12.1 Å². The zero-order valence-electron chi connectivity index (χ0n) is 20.8. The molecule has 0 aromatic heterocycles. The lowest BCUT2D eigenvalue weighted by atomic mass is 9.92. The highest BCUT2D eigenvalue weighted by atomic mass is 19.1. The number of allylic oxidation sites excluding steroid dienone is 7. The smallest absolute Gasteiger partial charge is 0.237 e. The first-order valence-electron chi connectivity index (χ1n) is 11.6. The van der Waals surface area contributed by atoms with E-state index < -0.39 is 34.7 Å².